The highest BCUT2D eigenvalue weighted by molar-refractivity contribution is 5.76. The van der Waals surface area contributed by atoms with Gasteiger partial charge >= 0.3 is 12.0 Å². The number of hydrogen-bond donors (Lipinski definition) is 2. The predicted octanol–water partition coefficient (Wildman–Crippen LogP) is 2.17. The molecule has 4 atom stereocenters. The van der Waals surface area contributed by atoms with Crippen molar-refractivity contribution in [3.63, 3.8) is 0 Å². The fourth-order valence-electron chi connectivity index (χ4n) is 3.14. The summed E-state index contributed by atoms with van der Waals surface area (Å²) in [4.78, 5) is 24.7. The molecule has 0 aromatic rings. The molecule has 2 N–H and O–H groups in total. The number of amides is 2. The Morgan fingerprint density at radius 2 is 1.85 bits per heavy atom. The third-order valence-electron chi connectivity index (χ3n) is 5.22. The highest BCUT2D eigenvalue weighted by Gasteiger charge is 2.38. The van der Waals surface area contributed by atoms with Crippen molar-refractivity contribution in [1.29, 1.82) is 0 Å². The van der Waals surface area contributed by atoms with Gasteiger partial charge in [0.1, 0.15) is 0 Å². The molecule has 1 aliphatic carbocycles. The highest BCUT2D eigenvalue weighted by atomic mass is 16.4. The van der Waals surface area contributed by atoms with E-state index in [1.807, 2.05) is 0 Å². The number of nitrogens with one attached hydrogen (secondary N) is 1. The lowest BCUT2D eigenvalue weighted by molar-refractivity contribution is -0.144. The minimum absolute atomic E-state index is 0.0226. The van der Waals surface area contributed by atoms with Gasteiger partial charge in [0.15, 0.2) is 0 Å². The molecular formula is C15H26N2O3. The Labute approximate surface area is 120 Å². The van der Waals surface area contributed by atoms with Crippen LogP contribution in [0.4, 0.5) is 4.79 Å². The van der Waals surface area contributed by atoms with Crippen LogP contribution >= 0.6 is 0 Å². The summed E-state index contributed by atoms with van der Waals surface area (Å²) >= 11 is 0. The Balaban J connectivity index is 1.73. The molecule has 20 heavy (non-hydrogen) atoms. The lowest BCUT2D eigenvalue weighted by Gasteiger charge is -2.42. The first kappa shape index (κ1) is 15.1. The van der Waals surface area contributed by atoms with Crippen LogP contribution in [0.5, 0.6) is 0 Å². The zero-order valence-electron chi connectivity index (χ0n) is 12.6. The largest absolute Gasteiger partial charge is 0.481 e. The molecule has 1 aliphatic heterocycles. The number of nitrogens with zero attached hydrogens (tertiary/aromatic N) is 1. The van der Waals surface area contributed by atoms with E-state index < -0.39 is 5.97 Å². The van der Waals surface area contributed by atoms with Gasteiger partial charge in [-0.15, -0.1) is 0 Å². The van der Waals surface area contributed by atoms with E-state index in [1.165, 1.54) is 6.42 Å². The topological polar surface area (TPSA) is 69.6 Å². The first-order valence-corrected chi connectivity index (χ1v) is 7.66. The molecule has 5 heteroatoms. The number of carboxylic acid groups (broad SMARTS) is 1. The van der Waals surface area contributed by atoms with E-state index in [1.54, 1.807) is 11.8 Å². The maximum atomic E-state index is 12.1. The Morgan fingerprint density at radius 1 is 1.20 bits per heavy atom. The fraction of sp³-hybridized carbons (Fsp3) is 0.867. The summed E-state index contributed by atoms with van der Waals surface area (Å²) in [6, 6.07) is 0.259. The minimum Gasteiger partial charge on any atom is -0.481 e. The van der Waals surface area contributed by atoms with E-state index in [0.29, 0.717) is 19.0 Å². The SMILES string of the molecule is CC1CCC(NC(=O)N2CC(C(C)C(=O)O)C2)CC1C. The van der Waals surface area contributed by atoms with Gasteiger partial charge in [-0.25, -0.2) is 4.79 Å². The third kappa shape index (κ3) is 3.25. The molecule has 0 aromatic heterocycles. The van der Waals surface area contributed by atoms with E-state index in [2.05, 4.69) is 19.2 Å². The molecule has 2 amide bonds. The van der Waals surface area contributed by atoms with Crippen molar-refractivity contribution in [3.8, 4) is 0 Å². The smallest absolute Gasteiger partial charge is 0.317 e. The van der Waals surface area contributed by atoms with Gasteiger partial charge in [-0.2, -0.15) is 0 Å². The molecule has 2 fully saturated rings. The van der Waals surface area contributed by atoms with Crippen LogP contribution in [0.25, 0.3) is 0 Å². The van der Waals surface area contributed by atoms with Gasteiger partial charge in [0.25, 0.3) is 0 Å². The standard InChI is InChI=1S/C15H26N2O3/c1-9-4-5-13(6-10(9)2)16-15(20)17-7-12(8-17)11(3)14(18)19/h9-13H,4-8H2,1-3H3,(H,16,20)(H,18,19). The van der Waals surface area contributed by atoms with Crippen LogP contribution in [-0.2, 0) is 4.79 Å². The molecule has 0 spiro atoms. The lowest BCUT2D eigenvalue weighted by atomic mass is 9.79. The number of likely N-dealkylation sites (tertiary alicyclic amines) is 1. The zero-order valence-corrected chi connectivity index (χ0v) is 12.6. The van der Waals surface area contributed by atoms with Crippen molar-refractivity contribution in [1.82, 2.24) is 10.2 Å². The summed E-state index contributed by atoms with van der Waals surface area (Å²) in [7, 11) is 0. The summed E-state index contributed by atoms with van der Waals surface area (Å²) in [5.74, 6) is 0.362. The van der Waals surface area contributed by atoms with Crippen LogP contribution in [0.2, 0.25) is 0 Å². The van der Waals surface area contributed by atoms with Crippen molar-refractivity contribution >= 4 is 12.0 Å². The Kier molecular flexibility index (Phi) is 4.55. The third-order valence-corrected chi connectivity index (χ3v) is 5.22. The first-order valence-electron chi connectivity index (χ1n) is 7.66. The summed E-state index contributed by atoms with van der Waals surface area (Å²) in [5.41, 5.74) is 0. The van der Waals surface area contributed by atoms with Crippen LogP contribution in [0.15, 0.2) is 0 Å². The fourth-order valence-corrected chi connectivity index (χ4v) is 3.14. The Morgan fingerprint density at radius 3 is 2.40 bits per heavy atom. The summed E-state index contributed by atoms with van der Waals surface area (Å²) in [5, 5.41) is 12.0. The number of urea groups is 1. The normalized spacial score (nSPS) is 32.4. The number of hydrogen-bond acceptors (Lipinski definition) is 2. The molecule has 0 bridgehead atoms. The maximum absolute atomic E-state index is 12.1. The number of carbonyl (C=O) groups is 2. The van der Waals surface area contributed by atoms with E-state index in [-0.39, 0.29) is 23.9 Å². The first-order chi connectivity index (χ1) is 9.38. The van der Waals surface area contributed by atoms with Gasteiger partial charge in [-0.3, -0.25) is 4.79 Å². The van der Waals surface area contributed by atoms with Gasteiger partial charge < -0.3 is 15.3 Å². The van der Waals surface area contributed by atoms with Crippen molar-refractivity contribution < 1.29 is 14.7 Å². The Bertz CT molecular complexity index is 379. The molecule has 1 heterocycles. The lowest BCUT2D eigenvalue weighted by Crippen LogP contribution is -2.58. The summed E-state index contributed by atoms with van der Waals surface area (Å²) in [6.07, 6.45) is 3.28. The number of aliphatic carboxylic acids is 1. The van der Waals surface area contributed by atoms with Crippen LogP contribution < -0.4 is 5.32 Å². The second-order valence-electron chi connectivity index (χ2n) is 6.71. The molecule has 0 radical (unpaired) electrons. The quantitative estimate of drug-likeness (QED) is 0.833. The van der Waals surface area contributed by atoms with Crippen LogP contribution in [0, 0.1) is 23.7 Å². The number of rotatable bonds is 3. The van der Waals surface area contributed by atoms with Crippen molar-refractivity contribution in [2.45, 2.75) is 46.1 Å². The Hall–Kier alpha value is -1.26. The number of carboxylic acids is 1. The molecule has 2 aliphatic rings. The average Bonchev–Trinajstić information content (AvgIpc) is 2.31. The highest BCUT2D eigenvalue weighted by Crippen LogP contribution is 2.30. The molecule has 2 rings (SSSR count). The molecule has 1 saturated heterocycles. The monoisotopic (exact) mass is 282 g/mol. The molecular weight excluding hydrogens is 256 g/mol. The average molecular weight is 282 g/mol. The molecule has 4 unspecified atom stereocenters. The van der Waals surface area contributed by atoms with Gasteiger partial charge in [-0.1, -0.05) is 20.8 Å². The predicted molar refractivity (Wildman–Crippen MR) is 76.4 cm³/mol. The van der Waals surface area contributed by atoms with Gasteiger partial charge in [0, 0.05) is 25.0 Å². The van der Waals surface area contributed by atoms with E-state index in [4.69, 9.17) is 5.11 Å². The van der Waals surface area contributed by atoms with Crippen LogP contribution in [0.3, 0.4) is 0 Å². The maximum Gasteiger partial charge on any atom is 0.317 e. The second kappa shape index (κ2) is 6.02. The minimum atomic E-state index is -0.773. The van der Waals surface area contributed by atoms with Gasteiger partial charge in [-0.05, 0) is 31.1 Å². The molecule has 0 aromatic carbocycles. The second-order valence-corrected chi connectivity index (χ2v) is 6.71. The number of carbonyl (C=O) groups excluding carboxylic acids is 1. The van der Waals surface area contributed by atoms with Crippen LogP contribution in [0.1, 0.15) is 40.0 Å². The van der Waals surface area contributed by atoms with E-state index in [0.717, 1.165) is 18.8 Å². The zero-order chi connectivity index (χ0) is 14.9. The van der Waals surface area contributed by atoms with Gasteiger partial charge in [0.05, 0.1) is 5.92 Å². The van der Waals surface area contributed by atoms with Crippen molar-refractivity contribution in [2.75, 3.05) is 13.1 Å². The van der Waals surface area contributed by atoms with E-state index in [9.17, 15) is 9.59 Å². The summed E-state index contributed by atoms with van der Waals surface area (Å²) < 4.78 is 0. The van der Waals surface area contributed by atoms with Crippen molar-refractivity contribution in [2.24, 2.45) is 23.7 Å². The van der Waals surface area contributed by atoms with Gasteiger partial charge in [0.2, 0.25) is 0 Å². The summed E-state index contributed by atoms with van der Waals surface area (Å²) in [6.45, 7) is 7.37. The molecule has 1 saturated carbocycles. The molecule has 5 nitrogen and oxygen atoms in total. The van der Waals surface area contributed by atoms with Crippen molar-refractivity contribution in [3.05, 3.63) is 0 Å². The van der Waals surface area contributed by atoms with E-state index >= 15 is 0 Å². The van der Waals surface area contributed by atoms with Crippen LogP contribution in [-0.4, -0.2) is 41.1 Å². The molecule has 114 valence electrons.